The maximum atomic E-state index is 12.9. The van der Waals surface area contributed by atoms with Crippen LogP contribution >= 0.6 is 0 Å². The van der Waals surface area contributed by atoms with Crippen LogP contribution in [0.15, 0.2) is 29.3 Å². The molecule has 0 radical (unpaired) electrons. The van der Waals surface area contributed by atoms with Gasteiger partial charge in [0.1, 0.15) is 17.6 Å². The molecule has 0 saturated carbocycles. The topological polar surface area (TPSA) is 129 Å². The number of carbonyl (C=O) groups excluding carboxylic acids is 3. The van der Waals surface area contributed by atoms with Crippen molar-refractivity contribution in [1.82, 2.24) is 20.4 Å². The van der Waals surface area contributed by atoms with Gasteiger partial charge in [-0.3, -0.25) is 19.4 Å². The van der Waals surface area contributed by atoms with Crippen molar-refractivity contribution in [2.45, 2.75) is 38.9 Å². The molecule has 1 aromatic carbocycles. The van der Waals surface area contributed by atoms with Gasteiger partial charge in [-0.2, -0.15) is 0 Å². The van der Waals surface area contributed by atoms with Crippen molar-refractivity contribution >= 4 is 23.7 Å². The highest BCUT2D eigenvalue weighted by atomic mass is 16.5. The largest absolute Gasteiger partial charge is 0.484 e. The molecule has 2 atom stereocenters. The van der Waals surface area contributed by atoms with Crippen molar-refractivity contribution in [1.29, 1.82) is 0 Å². The minimum atomic E-state index is -0.590. The van der Waals surface area contributed by atoms with Crippen molar-refractivity contribution in [2.24, 2.45) is 10.7 Å². The molecule has 2 heterocycles. The minimum Gasteiger partial charge on any atom is -0.484 e. The molecular weight excluding hydrogens is 400 g/mol. The maximum Gasteiger partial charge on any atom is 0.328 e. The normalized spacial score (nSPS) is 20.3. The molecule has 10 heteroatoms. The Balaban J connectivity index is 1.71. The van der Waals surface area contributed by atoms with Crippen LogP contribution in [0.2, 0.25) is 0 Å². The van der Waals surface area contributed by atoms with Crippen LogP contribution in [0.25, 0.3) is 0 Å². The minimum absolute atomic E-state index is 0.0987. The van der Waals surface area contributed by atoms with E-state index in [9.17, 15) is 14.4 Å². The Morgan fingerprint density at radius 2 is 1.90 bits per heavy atom. The van der Waals surface area contributed by atoms with Crippen LogP contribution in [0.3, 0.4) is 0 Å². The summed E-state index contributed by atoms with van der Waals surface area (Å²) in [5.41, 5.74) is 6.12. The molecule has 2 aliphatic heterocycles. The molecular formula is C21H30N6O4. The molecule has 31 heavy (non-hydrogen) atoms. The number of carbonyl (C=O) groups is 3. The average molecular weight is 431 g/mol. The lowest BCUT2D eigenvalue weighted by Crippen LogP contribution is -2.65. The molecule has 0 aliphatic carbocycles. The summed E-state index contributed by atoms with van der Waals surface area (Å²) in [7, 11) is 0. The third-order valence-corrected chi connectivity index (χ3v) is 5.06. The van der Waals surface area contributed by atoms with E-state index in [2.05, 4.69) is 15.6 Å². The van der Waals surface area contributed by atoms with Gasteiger partial charge in [-0.1, -0.05) is 13.8 Å². The fourth-order valence-corrected chi connectivity index (χ4v) is 3.61. The quantitative estimate of drug-likeness (QED) is 0.489. The van der Waals surface area contributed by atoms with Gasteiger partial charge in [0.25, 0.3) is 11.8 Å². The SMILES string of the molecule is CCCN1C(=O)C2NC(c3ccc(OCC(=O)NCCN)cc3)=NC2N(CCC)C1=O. The lowest BCUT2D eigenvalue weighted by atomic mass is 10.1. The number of urea groups is 1. The van der Waals surface area contributed by atoms with Gasteiger partial charge in [0.15, 0.2) is 12.8 Å². The van der Waals surface area contributed by atoms with E-state index in [1.165, 1.54) is 4.90 Å². The first-order valence-corrected chi connectivity index (χ1v) is 10.7. The smallest absolute Gasteiger partial charge is 0.328 e. The second-order valence-electron chi connectivity index (χ2n) is 7.43. The van der Waals surface area contributed by atoms with E-state index in [0.29, 0.717) is 44.2 Å². The molecule has 0 aromatic heterocycles. The lowest BCUT2D eigenvalue weighted by molar-refractivity contribution is -0.134. The molecule has 1 saturated heterocycles. The fourth-order valence-electron chi connectivity index (χ4n) is 3.61. The van der Waals surface area contributed by atoms with Gasteiger partial charge >= 0.3 is 6.03 Å². The van der Waals surface area contributed by atoms with Gasteiger partial charge in [-0.25, -0.2) is 9.79 Å². The number of rotatable bonds is 10. The molecule has 0 spiro atoms. The molecule has 0 bridgehead atoms. The highest BCUT2D eigenvalue weighted by molar-refractivity contribution is 6.08. The number of amides is 4. The molecule has 2 unspecified atom stereocenters. The summed E-state index contributed by atoms with van der Waals surface area (Å²) in [4.78, 5) is 45.0. The lowest BCUT2D eigenvalue weighted by Gasteiger charge is -2.40. The van der Waals surface area contributed by atoms with E-state index in [4.69, 9.17) is 10.5 Å². The number of aliphatic imine (C=N–C) groups is 1. The van der Waals surface area contributed by atoms with Crippen molar-refractivity contribution < 1.29 is 19.1 Å². The molecule has 2 aliphatic rings. The standard InChI is InChI=1S/C21H30N6O4/c1-3-11-26-19-17(20(29)27(12-4-2)21(26)30)24-18(25-19)14-5-7-15(8-6-14)31-13-16(28)23-10-9-22/h5-8,17,19H,3-4,9-13,22H2,1-2H3,(H,23,28)(H,24,25). The highest BCUT2D eigenvalue weighted by Crippen LogP contribution is 2.25. The number of nitrogens with two attached hydrogens (primary N) is 1. The average Bonchev–Trinajstić information content (AvgIpc) is 3.22. The van der Waals surface area contributed by atoms with Gasteiger partial charge in [-0.15, -0.1) is 0 Å². The van der Waals surface area contributed by atoms with Crippen LogP contribution in [0.1, 0.15) is 32.3 Å². The predicted molar refractivity (Wildman–Crippen MR) is 116 cm³/mol. The number of hydrogen-bond acceptors (Lipinski definition) is 7. The summed E-state index contributed by atoms with van der Waals surface area (Å²) in [5, 5.41) is 5.83. The van der Waals surface area contributed by atoms with Crippen LogP contribution in [0.4, 0.5) is 4.79 Å². The van der Waals surface area contributed by atoms with Crippen molar-refractivity contribution in [3.63, 3.8) is 0 Å². The molecule has 4 N–H and O–H groups in total. The number of amidine groups is 1. The van der Waals surface area contributed by atoms with Gasteiger partial charge in [-0.05, 0) is 37.1 Å². The fraction of sp³-hybridized carbons (Fsp3) is 0.524. The van der Waals surface area contributed by atoms with Crippen LogP contribution in [-0.2, 0) is 9.59 Å². The first kappa shape index (κ1) is 22.5. The zero-order chi connectivity index (χ0) is 22.4. The van der Waals surface area contributed by atoms with Crippen molar-refractivity contribution in [2.75, 3.05) is 32.8 Å². The number of imide groups is 1. The van der Waals surface area contributed by atoms with E-state index in [-0.39, 0.29) is 24.5 Å². The van der Waals surface area contributed by atoms with Gasteiger partial charge < -0.3 is 21.1 Å². The summed E-state index contributed by atoms with van der Waals surface area (Å²) < 4.78 is 5.47. The predicted octanol–water partition coefficient (Wildman–Crippen LogP) is 0.269. The number of hydrogen-bond donors (Lipinski definition) is 3. The monoisotopic (exact) mass is 430 g/mol. The van der Waals surface area contributed by atoms with Crippen LogP contribution in [-0.4, -0.2) is 78.5 Å². The van der Waals surface area contributed by atoms with E-state index in [1.807, 2.05) is 13.8 Å². The number of nitrogens with zero attached hydrogens (tertiary/aromatic N) is 3. The molecule has 3 rings (SSSR count). The van der Waals surface area contributed by atoms with Gasteiger partial charge in [0, 0.05) is 31.7 Å². The Kier molecular flexibility index (Phi) is 7.45. The van der Waals surface area contributed by atoms with E-state index >= 15 is 0 Å². The van der Waals surface area contributed by atoms with Crippen molar-refractivity contribution in [3.05, 3.63) is 29.8 Å². The van der Waals surface area contributed by atoms with E-state index in [0.717, 1.165) is 12.0 Å². The van der Waals surface area contributed by atoms with Crippen molar-refractivity contribution in [3.8, 4) is 5.75 Å². The van der Waals surface area contributed by atoms with Crippen LogP contribution in [0.5, 0.6) is 5.75 Å². The first-order valence-electron chi connectivity index (χ1n) is 10.7. The Bertz CT molecular complexity index is 841. The summed E-state index contributed by atoms with van der Waals surface area (Å²) in [6, 6.07) is 6.20. The first-order chi connectivity index (χ1) is 15.0. The second kappa shape index (κ2) is 10.3. The highest BCUT2D eigenvalue weighted by Gasteiger charge is 2.49. The third-order valence-electron chi connectivity index (χ3n) is 5.06. The number of nitrogens with one attached hydrogen (secondary N) is 2. The molecule has 10 nitrogen and oxygen atoms in total. The summed E-state index contributed by atoms with van der Waals surface area (Å²) in [5.74, 6) is 0.612. The molecule has 168 valence electrons. The molecule has 1 fully saturated rings. The Morgan fingerprint density at radius 3 is 2.55 bits per heavy atom. The maximum absolute atomic E-state index is 12.9. The van der Waals surface area contributed by atoms with E-state index < -0.39 is 12.2 Å². The number of ether oxygens (including phenoxy) is 1. The summed E-state index contributed by atoms with van der Waals surface area (Å²) in [6.07, 6.45) is 0.929. The Hall–Kier alpha value is -3.14. The Labute approximate surface area is 181 Å². The van der Waals surface area contributed by atoms with Gasteiger partial charge in [0.2, 0.25) is 0 Å². The third kappa shape index (κ3) is 4.96. The molecule has 4 amide bonds. The summed E-state index contributed by atoms with van der Waals surface area (Å²) in [6.45, 7) is 5.53. The second-order valence-corrected chi connectivity index (χ2v) is 7.43. The zero-order valence-electron chi connectivity index (χ0n) is 18.0. The number of benzene rings is 1. The van der Waals surface area contributed by atoms with Gasteiger partial charge in [0.05, 0.1) is 0 Å². The summed E-state index contributed by atoms with van der Waals surface area (Å²) >= 11 is 0. The van der Waals surface area contributed by atoms with E-state index in [1.54, 1.807) is 29.2 Å². The van der Waals surface area contributed by atoms with Crippen LogP contribution < -0.4 is 21.1 Å². The zero-order valence-corrected chi connectivity index (χ0v) is 18.0. The Morgan fingerprint density at radius 1 is 1.19 bits per heavy atom. The molecule has 1 aromatic rings. The number of fused-ring (bicyclic) bond motifs is 1. The van der Waals surface area contributed by atoms with Crippen LogP contribution in [0, 0.1) is 0 Å².